The minimum atomic E-state index is -0.390. The Morgan fingerprint density at radius 1 is 1.03 bits per heavy atom. The van der Waals surface area contributed by atoms with Crippen molar-refractivity contribution in [3.63, 3.8) is 0 Å². The van der Waals surface area contributed by atoms with Crippen LogP contribution in [0.15, 0.2) is 60.9 Å². The van der Waals surface area contributed by atoms with Crippen LogP contribution in [0.3, 0.4) is 0 Å². The Balaban J connectivity index is 1.21. The molecule has 1 saturated carbocycles. The van der Waals surface area contributed by atoms with E-state index in [-0.39, 0.29) is 5.91 Å². The maximum absolute atomic E-state index is 13.8. The van der Waals surface area contributed by atoms with Gasteiger partial charge >= 0.3 is 0 Å². The molecule has 4 aromatic rings. The normalized spacial score (nSPS) is 22.1. The average Bonchev–Trinajstić information content (AvgIpc) is 3.53. The predicted molar refractivity (Wildman–Crippen MR) is 150 cm³/mol. The molecule has 194 valence electrons. The first-order valence-electron chi connectivity index (χ1n) is 13.7. The molecule has 1 N–H and O–H groups in total. The Morgan fingerprint density at radius 3 is 2.53 bits per heavy atom. The molecule has 3 fully saturated rings. The second-order valence-electron chi connectivity index (χ2n) is 11.5. The molecule has 3 aliphatic rings. The summed E-state index contributed by atoms with van der Waals surface area (Å²) in [5.41, 5.74) is 6.52. The van der Waals surface area contributed by atoms with Gasteiger partial charge in [-0.05, 0) is 87.2 Å². The van der Waals surface area contributed by atoms with Gasteiger partial charge in [0.15, 0.2) is 0 Å². The van der Waals surface area contributed by atoms with E-state index < -0.39 is 5.54 Å². The van der Waals surface area contributed by atoms with Crippen molar-refractivity contribution in [3.05, 3.63) is 77.6 Å². The molecule has 0 spiro atoms. The molecule has 1 amide bonds. The highest BCUT2D eigenvalue weighted by atomic mass is 16.1. The zero-order valence-corrected chi connectivity index (χ0v) is 22.3. The van der Waals surface area contributed by atoms with Crippen LogP contribution in [0.4, 0.5) is 5.69 Å². The van der Waals surface area contributed by atoms with Gasteiger partial charge in [0.05, 0.1) is 16.7 Å². The van der Waals surface area contributed by atoms with Crippen LogP contribution in [-0.4, -0.2) is 57.8 Å². The van der Waals surface area contributed by atoms with Crippen molar-refractivity contribution in [2.24, 2.45) is 7.05 Å². The number of amides is 1. The van der Waals surface area contributed by atoms with Crippen molar-refractivity contribution in [1.82, 2.24) is 25.0 Å². The second kappa shape index (κ2) is 8.67. The van der Waals surface area contributed by atoms with Crippen LogP contribution in [0.5, 0.6) is 0 Å². The number of nitrogens with one attached hydrogen (secondary N) is 1. The van der Waals surface area contributed by atoms with Gasteiger partial charge in [0.25, 0.3) is 5.91 Å². The second-order valence-corrected chi connectivity index (χ2v) is 11.5. The van der Waals surface area contributed by atoms with E-state index in [4.69, 9.17) is 0 Å². The number of anilines is 1. The first-order valence-corrected chi connectivity index (χ1v) is 13.7. The molecule has 2 aromatic heterocycles. The summed E-state index contributed by atoms with van der Waals surface area (Å²) in [6, 6.07) is 18.0. The van der Waals surface area contributed by atoms with Gasteiger partial charge in [-0.3, -0.25) is 19.4 Å². The highest BCUT2D eigenvalue weighted by molar-refractivity contribution is 5.98. The molecule has 7 rings (SSSR count). The molecule has 2 aliphatic heterocycles. The number of pyridine rings is 1. The third kappa shape index (κ3) is 3.88. The van der Waals surface area contributed by atoms with E-state index in [1.54, 1.807) is 0 Å². The standard InChI is InChI=1S/C31H34N6O/c1-20-6-7-22(37-18-23-8-9-24(19-37)36(23)3)17-26(20)30(38)33-31(11-12-31)27-15-21(28-10-14-35(2)34-28)16-29-25(27)5-4-13-32-29/h4-7,10,13-17,23-24H,8-9,11-12,18-19H2,1-3H3,(H,33,38). The number of hydrogen-bond donors (Lipinski definition) is 1. The van der Waals surface area contributed by atoms with Crippen LogP contribution in [0.1, 0.15) is 47.2 Å². The minimum Gasteiger partial charge on any atom is -0.368 e. The van der Waals surface area contributed by atoms with E-state index in [9.17, 15) is 4.79 Å². The lowest BCUT2D eigenvalue weighted by Crippen LogP contribution is -2.52. The fourth-order valence-electron chi connectivity index (χ4n) is 6.54. The molecule has 38 heavy (non-hydrogen) atoms. The van der Waals surface area contributed by atoms with Gasteiger partial charge < -0.3 is 10.2 Å². The van der Waals surface area contributed by atoms with Crippen LogP contribution >= 0.6 is 0 Å². The van der Waals surface area contributed by atoms with Gasteiger partial charge in [-0.1, -0.05) is 12.1 Å². The van der Waals surface area contributed by atoms with Crippen molar-refractivity contribution in [2.75, 3.05) is 25.0 Å². The molecule has 7 nitrogen and oxygen atoms in total. The van der Waals surface area contributed by atoms with Crippen molar-refractivity contribution in [2.45, 2.75) is 50.2 Å². The van der Waals surface area contributed by atoms with E-state index in [1.807, 2.05) is 43.2 Å². The third-order valence-electron chi connectivity index (χ3n) is 9.03. The molecule has 1 aliphatic carbocycles. The number of piperazine rings is 1. The molecule has 2 atom stereocenters. The average molecular weight is 507 g/mol. The van der Waals surface area contributed by atoms with Crippen LogP contribution in [0.2, 0.25) is 0 Å². The van der Waals surface area contributed by atoms with E-state index in [0.29, 0.717) is 12.1 Å². The van der Waals surface area contributed by atoms with Crippen molar-refractivity contribution < 1.29 is 4.79 Å². The summed E-state index contributed by atoms with van der Waals surface area (Å²) in [6.45, 7) is 4.09. The number of nitrogens with zero attached hydrogens (tertiary/aromatic N) is 5. The fraction of sp³-hybridized carbons (Fsp3) is 0.387. The fourth-order valence-corrected chi connectivity index (χ4v) is 6.54. The highest BCUT2D eigenvalue weighted by Crippen LogP contribution is 2.49. The molecule has 2 unspecified atom stereocenters. The number of fused-ring (bicyclic) bond motifs is 3. The van der Waals surface area contributed by atoms with Crippen LogP contribution in [0, 0.1) is 6.92 Å². The molecule has 0 radical (unpaired) electrons. The molecular formula is C31H34N6O. The third-order valence-corrected chi connectivity index (χ3v) is 9.03. The molecule has 2 bridgehead atoms. The zero-order chi connectivity index (χ0) is 26.0. The van der Waals surface area contributed by atoms with Crippen LogP contribution in [-0.2, 0) is 12.6 Å². The van der Waals surface area contributed by atoms with E-state index >= 15 is 0 Å². The van der Waals surface area contributed by atoms with Gasteiger partial charge in [0, 0.05) is 66.8 Å². The number of carbonyl (C=O) groups excluding carboxylic acids is 1. The quantitative estimate of drug-likeness (QED) is 0.427. The lowest BCUT2D eigenvalue weighted by atomic mass is 9.94. The minimum absolute atomic E-state index is 0.000714. The molecule has 2 aromatic carbocycles. The number of carbonyl (C=O) groups is 1. The number of benzene rings is 2. The number of aryl methyl sites for hydroxylation is 2. The topological polar surface area (TPSA) is 66.3 Å². The largest absolute Gasteiger partial charge is 0.368 e. The summed E-state index contributed by atoms with van der Waals surface area (Å²) in [6.07, 6.45) is 8.13. The van der Waals surface area contributed by atoms with Gasteiger partial charge in [-0.2, -0.15) is 5.10 Å². The number of rotatable bonds is 5. The van der Waals surface area contributed by atoms with Crippen molar-refractivity contribution >= 4 is 22.5 Å². The highest BCUT2D eigenvalue weighted by Gasteiger charge is 2.47. The zero-order valence-electron chi connectivity index (χ0n) is 22.3. The number of aromatic nitrogens is 3. The van der Waals surface area contributed by atoms with Gasteiger partial charge in [0.2, 0.25) is 0 Å². The number of hydrogen-bond acceptors (Lipinski definition) is 5. The Labute approximate surface area is 223 Å². The monoisotopic (exact) mass is 506 g/mol. The molecular weight excluding hydrogens is 472 g/mol. The summed E-state index contributed by atoms with van der Waals surface area (Å²) in [4.78, 5) is 23.5. The molecule has 2 saturated heterocycles. The molecule has 4 heterocycles. The Morgan fingerprint density at radius 2 is 1.82 bits per heavy atom. The Bertz CT molecular complexity index is 1540. The lowest BCUT2D eigenvalue weighted by Gasteiger charge is -2.40. The summed E-state index contributed by atoms with van der Waals surface area (Å²) < 4.78 is 1.81. The maximum atomic E-state index is 13.8. The van der Waals surface area contributed by atoms with Gasteiger partial charge in [-0.25, -0.2) is 0 Å². The van der Waals surface area contributed by atoms with E-state index in [1.165, 1.54) is 12.8 Å². The van der Waals surface area contributed by atoms with Crippen LogP contribution in [0.25, 0.3) is 22.2 Å². The first kappa shape index (κ1) is 23.4. The maximum Gasteiger partial charge on any atom is 0.252 e. The summed E-state index contributed by atoms with van der Waals surface area (Å²) in [5.74, 6) is -0.000714. The predicted octanol–water partition coefficient (Wildman–Crippen LogP) is 4.65. The van der Waals surface area contributed by atoms with Crippen molar-refractivity contribution in [3.8, 4) is 11.3 Å². The van der Waals surface area contributed by atoms with Gasteiger partial charge in [-0.15, -0.1) is 0 Å². The van der Waals surface area contributed by atoms with Crippen molar-refractivity contribution in [1.29, 1.82) is 0 Å². The smallest absolute Gasteiger partial charge is 0.252 e. The summed E-state index contributed by atoms with van der Waals surface area (Å²) in [5, 5.41) is 9.17. The van der Waals surface area contributed by atoms with Crippen LogP contribution < -0.4 is 10.2 Å². The summed E-state index contributed by atoms with van der Waals surface area (Å²) >= 11 is 0. The van der Waals surface area contributed by atoms with E-state index in [0.717, 1.165) is 70.5 Å². The Kier molecular flexibility index (Phi) is 5.34. The lowest BCUT2D eigenvalue weighted by molar-refractivity contribution is 0.0930. The Hall–Kier alpha value is -3.71. The number of likely N-dealkylation sites (N-methyl/N-ethyl adjacent to an activating group) is 1. The molecule has 7 heteroatoms. The summed E-state index contributed by atoms with van der Waals surface area (Å²) in [7, 11) is 4.18. The SMILES string of the molecule is Cc1ccc(N2CC3CCC(C2)N3C)cc1C(=O)NC1(c2cc(-c3ccn(C)n3)cc3ncccc23)CC1. The van der Waals surface area contributed by atoms with Gasteiger partial charge in [0.1, 0.15) is 0 Å². The van der Waals surface area contributed by atoms with E-state index in [2.05, 4.69) is 68.6 Å². The first-order chi connectivity index (χ1) is 18.4.